The minimum Gasteiger partial charge on any atom is -0.329 e. The van der Waals surface area contributed by atoms with Crippen LogP contribution in [-0.4, -0.2) is 18.8 Å². The summed E-state index contributed by atoms with van der Waals surface area (Å²) < 4.78 is 33.7. The highest BCUT2D eigenvalue weighted by atomic mass is 35.5. The van der Waals surface area contributed by atoms with Crippen molar-refractivity contribution in [2.24, 2.45) is 11.5 Å². The van der Waals surface area contributed by atoms with Crippen molar-refractivity contribution in [2.45, 2.75) is 12.2 Å². The largest absolute Gasteiger partial charge is 0.404 e. The fraction of sp³-hybridized carbons (Fsp3) is 1.00. The average molecular weight is 201 g/mol. The van der Waals surface area contributed by atoms with Crippen LogP contribution in [0.3, 0.4) is 0 Å². The van der Waals surface area contributed by atoms with Crippen LogP contribution in [0.2, 0.25) is 0 Å². The highest BCUT2D eigenvalue weighted by molar-refractivity contribution is 5.85. The quantitative estimate of drug-likeness (QED) is 0.655. The summed E-state index contributed by atoms with van der Waals surface area (Å²) >= 11 is 0. The van der Waals surface area contributed by atoms with E-state index in [1.54, 1.807) is 0 Å². The Morgan fingerprint density at radius 2 is 1.50 bits per heavy atom. The lowest BCUT2D eigenvalue weighted by molar-refractivity contribution is -0.145. The SMILES string of the molecule is Cl.Cl.NCC(N)C(F)(F)F. The van der Waals surface area contributed by atoms with Crippen LogP contribution in [0.1, 0.15) is 0 Å². The lowest BCUT2D eigenvalue weighted by atomic mass is 10.3. The highest BCUT2D eigenvalue weighted by Gasteiger charge is 2.35. The molecule has 0 aromatic carbocycles. The van der Waals surface area contributed by atoms with Crippen LogP contribution in [0.15, 0.2) is 0 Å². The summed E-state index contributed by atoms with van der Waals surface area (Å²) in [5, 5.41) is 0. The van der Waals surface area contributed by atoms with E-state index in [4.69, 9.17) is 0 Å². The van der Waals surface area contributed by atoms with Crippen LogP contribution < -0.4 is 11.5 Å². The van der Waals surface area contributed by atoms with E-state index < -0.39 is 18.8 Å². The van der Waals surface area contributed by atoms with E-state index in [1.807, 2.05) is 0 Å². The summed E-state index contributed by atoms with van der Waals surface area (Å²) in [7, 11) is 0. The summed E-state index contributed by atoms with van der Waals surface area (Å²) in [6, 6.07) is -1.87. The Labute approximate surface area is 69.0 Å². The van der Waals surface area contributed by atoms with Crippen LogP contribution in [0, 0.1) is 0 Å². The number of nitrogens with two attached hydrogens (primary N) is 2. The van der Waals surface area contributed by atoms with Crippen molar-refractivity contribution in [1.82, 2.24) is 0 Å². The van der Waals surface area contributed by atoms with Gasteiger partial charge >= 0.3 is 6.18 Å². The molecule has 0 aliphatic heterocycles. The van der Waals surface area contributed by atoms with Crippen LogP contribution in [0.5, 0.6) is 0 Å². The summed E-state index contributed by atoms with van der Waals surface area (Å²) in [4.78, 5) is 0. The molecule has 0 saturated heterocycles. The van der Waals surface area contributed by atoms with Gasteiger partial charge in [0.25, 0.3) is 0 Å². The Morgan fingerprint density at radius 3 is 1.50 bits per heavy atom. The van der Waals surface area contributed by atoms with Gasteiger partial charge in [-0.3, -0.25) is 0 Å². The third-order valence-electron chi connectivity index (χ3n) is 0.674. The summed E-state index contributed by atoms with van der Waals surface area (Å²) in [5.74, 6) is 0. The molecule has 1 atom stereocenters. The molecule has 4 N–H and O–H groups in total. The summed E-state index contributed by atoms with van der Waals surface area (Å²) in [5.41, 5.74) is 9.11. The first-order valence-corrected chi connectivity index (χ1v) is 2.01. The van der Waals surface area contributed by atoms with Gasteiger partial charge in [0.1, 0.15) is 6.04 Å². The first kappa shape index (κ1) is 16.7. The predicted molar refractivity (Wildman–Crippen MR) is 37.6 cm³/mol. The Bertz CT molecular complexity index is 76.6. The highest BCUT2D eigenvalue weighted by Crippen LogP contribution is 2.16. The second-order valence-corrected chi connectivity index (χ2v) is 1.38. The standard InChI is InChI=1S/C3H7F3N2.2ClH/c4-3(5,6)2(8)1-7;;/h2H,1,7-8H2;2*1H. The number of rotatable bonds is 1. The fourth-order valence-electron chi connectivity index (χ4n) is 0.134. The molecule has 0 fully saturated rings. The molecule has 10 heavy (non-hydrogen) atoms. The van der Waals surface area contributed by atoms with Crippen molar-refractivity contribution >= 4 is 24.8 Å². The summed E-state index contributed by atoms with van der Waals surface area (Å²) in [6.45, 7) is -0.552. The minimum absolute atomic E-state index is 0. The average Bonchev–Trinajstić information content (AvgIpc) is 1.62. The fourth-order valence-corrected chi connectivity index (χ4v) is 0.134. The molecular weight excluding hydrogens is 192 g/mol. The molecule has 0 aromatic heterocycles. The topological polar surface area (TPSA) is 52.0 Å². The molecule has 0 saturated carbocycles. The second-order valence-electron chi connectivity index (χ2n) is 1.38. The Morgan fingerprint density at radius 1 is 1.20 bits per heavy atom. The normalized spacial score (nSPS) is 12.9. The maximum atomic E-state index is 11.2. The molecule has 66 valence electrons. The second kappa shape index (κ2) is 6.03. The molecule has 7 heteroatoms. The van der Waals surface area contributed by atoms with E-state index >= 15 is 0 Å². The Balaban J connectivity index is -0.000000245. The van der Waals surface area contributed by atoms with Gasteiger partial charge in [-0.25, -0.2) is 0 Å². The third kappa shape index (κ3) is 6.41. The molecule has 0 radical (unpaired) electrons. The van der Waals surface area contributed by atoms with E-state index in [2.05, 4.69) is 11.5 Å². The van der Waals surface area contributed by atoms with Gasteiger partial charge in [-0.15, -0.1) is 24.8 Å². The van der Waals surface area contributed by atoms with E-state index in [0.29, 0.717) is 0 Å². The maximum Gasteiger partial charge on any atom is 0.404 e. The van der Waals surface area contributed by atoms with Crippen molar-refractivity contribution in [1.29, 1.82) is 0 Å². The monoisotopic (exact) mass is 200 g/mol. The van der Waals surface area contributed by atoms with Crippen molar-refractivity contribution in [2.75, 3.05) is 6.54 Å². The van der Waals surface area contributed by atoms with Crippen molar-refractivity contribution in [3.8, 4) is 0 Å². The zero-order chi connectivity index (χ0) is 6.78. The number of hydrogen-bond acceptors (Lipinski definition) is 2. The van der Waals surface area contributed by atoms with Crippen molar-refractivity contribution in [3.05, 3.63) is 0 Å². The molecule has 0 aromatic rings. The first-order valence-electron chi connectivity index (χ1n) is 2.01. The minimum atomic E-state index is -4.34. The van der Waals surface area contributed by atoms with Gasteiger partial charge in [-0.1, -0.05) is 0 Å². The Hall–Kier alpha value is 0.290. The van der Waals surface area contributed by atoms with Crippen LogP contribution in [-0.2, 0) is 0 Å². The molecule has 0 amide bonds. The Kier molecular flexibility index (Phi) is 10.1. The van der Waals surface area contributed by atoms with Gasteiger partial charge in [0.2, 0.25) is 0 Å². The smallest absolute Gasteiger partial charge is 0.329 e. The lowest BCUT2D eigenvalue weighted by Crippen LogP contribution is -2.43. The zero-order valence-electron chi connectivity index (χ0n) is 4.89. The van der Waals surface area contributed by atoms with E-state index in [1.165, 1.54) is 0 Å². The third-order valence-corrected chi connectivity index (χ3v) is 0.674. The predicted octanol–water partition coefficient (Wildman–Crippen LogP) is 0.678. The van der Waals surface area contributed by atoms with Gasteiger partial charge in [0.05, 0.1) is 0 Å². The van der Waals surface area contributed by atoms with Crippen LogP contribution in [0.4, 0.5) is 13.2 Å². The van der Waals surface area contributed by atoms with E-state index in [9.17, 15) is 13.2 Å². The first-order chi connectivity index (χ1) is 3.48. The number of halogens is 5. The van der Waals surface area contributed by atoms with Gasteiger partial charge in [-0.05, 0) is 0 Å². The number of hydrogen-bond donors (Lipinski definition) is 2. The number of alkyl halides is 3. The summed E-state index contributed by atoms with van der Waals surface area (Å²) in [6.07, 6.45) is -4.34. The zero-order valence-corrected chi connectivity index (χ0v) is 6.52. The molecule has 0 aliphatic carbocycles. The van der Waals surface area contributed by atoms with E-state index in [-0.39, 0.29) is 24.8 Å². The molecule has 0 spiro atoms. The molecule has 0 rings (SSSR count). The molecule has 0 heterocycles. The van der Waals surface area contributed by atoms with Gasteiger partial charge in [0, 0.05) is 6.54 Å². The molecule has 1 unspecified atom stereocenters. The molecule has 2 nitrogen and oxygen atoms in total. The van der Waals surface area contributed by atoms with Gasteiger partial charge < -0.3 is 11.5 Å². The lowest BCUT2D eigenvalue weighted by Gasteiger charge is -2.11. The van der Waals surface area contributed by atoms with Crippen molar-refractivity contribution in [3.63, 3.8) is 0 Å². The van der Waals surface area contributed by atoms with E-state index in [0.717, 1.165) is 0 Å². The molecular formula is C3H9Cl2F3N2. The molecule has 0 bridgehead atoms. The van der Waals surface area contributed by atoms with Crippen LogP contribution in [0.25, 0.3) is 0 Å². The van der Waals surface area contributed by atoms with Crippen LogP contribution >= 0.6 is 24.8 Å². The van der Waals surface area contributed by atoms with Crippen molar-refractivity contribution < 1.29 is 13.2 Å². The molecule has 0 aliphatic rings. The van der Waals surface area contributed by atoms with Gasteiger partial charge in [-0.2, -0.15) is 13.2 Å². The van der Waals surface area contributed by atoms with Gasteiger partial charge in [0.15, 0.2) is 0 Å². The maximum absolute atomic E-state index is 11.2.